The van der Waals surface area contributed by atoms with Crippen LogP contribution in [-0.4, -0.2) is 29.7 Å². The Morgan fingerprint density at radius 2 is 1.91 bits per heavy atom. The SMILES string of the molecule is CCOC(=O)c1cc(Cc2ccccc2)sc1NC(=S)Nc1ccc(OC)cc1[N+](=O)[O-]. The fourth-order valence-corrected chi connectivity index (χ4v) is 4.29. The minimum atomic E-state index is -0.527. The van der Waals surface area contributed by atoms with E-state index in [4.69, 9.17) is 21.7 Å². The molecule has 0 spiro atoms. The van der Waals surface area contributed by atoms with Crippen LogP contribution in [0.3, 0.4) is 0 Å². The van der Waals surface area contributed by atoms with Gasteiger partial charge >= 0.3 is 5.97 Å². The molecule has 0 amide bonds. The van der Waals surface area contributed by atoms with Crippen LogP contribution in [0.4, 0.5) is 16.4 Å². The Bertz CT molecular complexity index is 1130. The molecule has 0 radical (unpaired) electrons. The Balaban J connectivity index is 1.83. The van der Waals surface area contributed by atoms with Crippen LogP contribution >= 0.6 is 23.6 Å². The first kappa shape index (κ1) is 23.2. The van der Waals surface area contributed by atoms with Gasteiger partial charge in [-0.3, -0.25) is 10.1 Å². The molecular weight excluding hydrogens is 450 g/mol. The number of benzene rings is 2. The third-order valence-electron chi connectivity index (χ3n) is 4.38. The molecule has 2 N–H and O–H groups in total. The number of hydrogen-bond acceptors (Lipinski definition) is 7. The maximum Gasteiger partial charge on any atom is 0.341 e. The zero-order valence-electron chi connectivity index (χ0n) is 17.4. The van der Waals surface area contributed by atoms with Crippen LogP contribution in [0.25, 0.3) is 0 Å². The zero-order chi connectivity index (χ0) is 23.1. The maximum atomic E-state index is 12.5. The summed E-state index contributed by atoms with van der Waals surface area (Å²) < 4.78 is 10.2. The monoisotopic (exact) mass is 471 g/mol. The van der Waals surface area contributed by atoms with Crippen molar-refractivity contribution in [2.24, 2.45) is 0 Å². The van der Waals surface area contributed by atoms with E-state index in [1.54, 1.807) is 19.1 Å². The molecule has 10 heteroatoms. The number of nitrogens with zero attached hydrogens (tertiary/aromatic N) is 1. The fraction of sp³-hybridized carbons (Fsp3) is 0.182. The van der Waals surface area contributed by atoms with Crippen LogP contribution in [0.5, 0.6) is 5.75 Å². The van der Waals surface area contributed by atoms with Gasteiger partial charge in [0.1, 0.15) is 16.4 Å². The highest BCUT2D eigenvalue weighted by molar-refractivity contribution is 7.80. The van der Waals surface area contributed by atoms with Gasteiger partial charge in [-0.1, -0.05) is 30.3 Å². The van der Waals surface area contributed by atoms with Crippen molar-refractivity contribution in [1.82, 2.24) is 0 Å². The average Bonchev–Trinajstić information content (AvgIpc) is 3.16. The number of nitro groups is 1. The summed E-state index contributed by atoms with van der Waals surface area (Å²) in [5, 5.41) is 17.8. The summed E-state index contributed by atoms with van der Waals surface area (Å²) in [6.07, 6.45) is 0.643. The molecule has 0 aliphatic rings. The zero-order valence-corrected chi connectivity index (χ0v) is 19.0. The van der Waals surface area contributed by atoms with Crippen molar-refractivity contribution >= 4 is 51.0 Å². The van der Waals surface area contributed by atoms with Gasteiger partial charge in [-0.05, 0) is 42.9 Å². The number of anilines is 2. The molecular formula is C22H21N3O5S2. The molecule has 0 aliphatic heterocycles. The molecule has 0 fully saturated rings. The van der Waals surface area contributed by atoms with E-state index in [1.165, 1.54) is 30.6 Å². The molecule has 2 aromatic carbocycles. The minimum Gasteiger partial charge on any atom is -0.496 e. The third-order valence-corrected chi connectivity index (χ3v) is 5.63. The fourth-order valence-electron chi connectivity index (χ4n) is 2.93. The van der Waals surface area contributed by atoms with Gasteiger partial charge in [0.15, 0.2) is 5.11 Å². The number of hydrogen-bond donors (Lipinski definition) is 2. The Kier molecular flexibility index (Phi) is 7.74. The molecule has 32 heavy (non-hydrogen) atoms. The topological polar surface area (TPSA) is 103 Å². The van der Waals surface area contributed by atoms with Crippen LogP contribution in [0.15, 0.2) is 54.6 Å². The van der Waals surface area contributed by atoms with Crippen LogP contribution in [0.2, 0.25) is 0 Å². The van der Waals surface area contributed by atoms with Crippen molar-refractivity contribution in [3.8, 4) is 5.75 Å². The lowest BCUT2D eigenvalue weighted by Gasteiger charge is -2.11. The van der Waals surface area contributed by atoms with Crippen molar-refractivity contribution in [3.05, 3.63) is 80.7 Å². The predicted octanol–water partition coefficient (Wildman–Crippen LogP) is 5.24. The van der Waals surface area contributed by atoms with Gasteiger partial charge in [0, 0.05) is 11.3 Å². The summed E-state index contributed by atoms with van der Waals surface area (Å²) in [7, 11) is 1.43. The quantitative estimate of drug-likeness (QED) is 0.199. The predicted molar refractivity (Wildman–Crippen MR) is 129 cm³/mol. The molecule has 3 aromatic rings. The van der Waals surface area contributed by atoms with Gasteiger partial charge in [0.25, 0.3) is 5.69 Å². The second-order valence-electron chi connectivity index (χ2n) is 6.56. The van der Waals surface area contributed by atoms with Crippen molar-refractivity contribution in [3.63, 3.8) is 0 Å². The third kappa shape index (κ3) is 5.80. The number of nitro benzene ring substituents is 1. The minimum absolute atomic E-state index is 0.108. The summed E-state index contributed by atoms with van der Waals surface area (Å²) >= 11 is 6.72. The molecule has 8 nitrogen and oxygen atoms in total. The highest BCUT2D eigenvalue weighted by Crippen LogP contribution is 2.32. The second kappa shape index (κ2) is 10.7. The summed E-state index contributed by atoms with van der Waals surface area (Å²) in [6, 6.07) is 16.0. The Hall–Kier alpha value is -3.50. The Labute approximate surface area is 194 Å². The number of carbonyl (C=O) groups excluding carboxylic acids is 1. The van der Waals surface area contributed by atoms with Crippen LogP contribution in [0, 0.1) is 10.1 Å². The van der Waals surface area contributed by atoms with E-state index >= 15 is 0 Å². The number of ether oxygens (including phenoxy) is 2. The molecule has 0 bridgehead atoms. The highest BCUT2D eigenvalue weighted by atomic mass is 32.1. The van der Waals surface area contributed by atoms with Crippen LogP contribution < -0.4 is 15.4 Å². The van der Waals surface area contributed by atoms with E-state index in [-0.39, 0.29) is 23.1 Å². The molecule has 0 atom stereocenters. The number of thiophene rings is 1. The van der Waals surface area contributed by atoms with Gasteiger partial charge in [0.2, 0.25) is 0 Å². The Morgan fingerprint density at radius 1 is 1.16 bits per heavy atom. The van der Waals surface area contributed by atoms with Gasteiger partial charge in [0.05, 0.1) is 30.3 Å². The number of methoxy groups -OCH3 is 1. The lowest BCUT2D eigenvalue weighted by atomic mass is 10.1. The summed E-state index contributed by atoms with van der Waals surface area (Å²) in [5.74, 6) is -0.113. The lowest BCUT2D eigenvalue weighted by molar-refractivity contribution is -0.384. The van der Waals surface area contributed by atoms with Gasteiger partial charge < -0.3 is 20.1 Å². The van der Waals surface area contributed by atoms with E-state index in [1.807, 2.05) is 30.3 Å². The normalized spacial score (nSPS) is 10.3. The lowest BCUT2D eigenvalue weighted by Crippen LogP contribution is -2.20. The first-order chi connectivity index (χ1) is 15.4. The molecule has 0 unspecified atom stereocenters. The smallest absolute Gasteiger partial charge is 0.341 e. The number of rotatable bonds is 8. The van der Waals surface area contributed by atoms with Crippen LogP contribution in [-0.2, 0) is 11.2 Å². The van der Waals surface area contributed by atoms with Gasteiger partial charge in [-0.15, -0.1) is 11.3 Å². The van der Waals surface area contributed by atoms with Gasteiger partial charge in [-0.2, -0.15) is 0 Å². The number of thiocarbonyl (C=S) groups is 1. The number of esters is 1. The average molecular weight is 472 g/mol. The van der Waals surface area contributed by atoms with E-state index < -0.39 is 10.9 Å². The van der Waals surface area contributed by atoms with E-state index in [9.17, 15) is 14.9 Å². The first-order valence-electron chi connectivity index (χ1n) is 9.65. The van der Waals surface area contributed by atoms with Crippen molar-refractivity contribution in [2.45, 2.75) is 13.3 Å². The number of carbonyl (C=O) groups is 1. The summed E-state index contributed by atoms with van der Waals surface area (Å²) in [5.41, 5.74) is 1.48. The van der Waals surface area contributed by atoms with Gasteiger partial charge in [-0.25, -0.2) is 4.79 Å². The summed E-state index contributed by atoms with van der Waals surface area (Å²) in [4.78, 5) is 24.3. The molecule has 0 aliphatic carbocycles. The Morgan fingerprint density at radius 3 is 2.56 bits per heavy atom. The van der Waals surface area contributed by atoms with Crippen LogP contribution in [0.1, 0.15) is 27.7 Å². The molecule has 3 rings (SSSR count). The molecule has 166 valence electrons. The van der Waals surface area contributed by atoms with E-state index in [0.717, 1.165) is 10.4 Å². The van der Waals surface area contributed by atoms with Crippen molar-refractivity contribution in [1.29, 1.82) is 0 Å². The standard InChI is InChI=1S/C22H21N3O5S2/c1-3-30-21(26)17-13-16(11-14-7-5-4-6-8-14)32-20(17)24-22(31)23-18-10-9-15(29-2)12-19(18)25(27)28/h4-10,12-13H,3,11H2,1-2H3,(H2,23,24,31). The summed E-state index contributed by atoms with van der Waals surface area (Å²) in [6.45, 7) is 1.97. The second-order valence-corrected chi connectivity index (χ2v) is 8.10. The largest absolute Gasteiger partial charge is 0.496 e. The van der Waals surface area contributed by atoms with Crippen molar-refractivity contribution in [2.75, 3.05) is 24.4 Å². The molecule has 1 aromatic heterocycles. The number of nitrogens with one attached hydrogen (secondary N) is 2. The van der Waals surface area contributed by atoms with E-state index in [2.05, 4.69) is 10.6 Å². The maximum absolute atomic E-state index is 12.5. The van der Waals surface area contributed by atoms with Crippen molar-refractivity contribution < 1.29 is 19.2 Å². The van der Waals surface area contributed by atoms with E-state index in [0.29, 0.717) is 22.7 Å². The molecule has 0 saturated heterocycles. The highest BCUT2D eigenvalue weighted by Gasteiger charge is 2.20. The molecule has 0 saturated carbocycles. The first-order valence-corrected chi connectivity index (χ1v) is 10.9. The molecule has 1 heterocycles.